The van der Waals surface area contributed by atoms with Gasteiger partial charge < -0.3 is 15.1 Å². The molecule has 0 unspecified atom stereocenters. The molecule has 1 atom stereocenters. The predicted octanol–water partition coefficient (Wildman–Crippen LogP) is 2.32. The Morgan fingerprint density at radius 3 is 2.52 bits per heavy atom. The number of hydrogen-bond donors (Lipinski definition) is 2. The van der Waals surface area contributed by atoms with Gasteiger partial charge in [0.15, 0.2) is 6.04 Å². The van der Waals surface area contributed by atoms with Crippen LogP contribution in [0, 0.1) is 5.82 Å². The molecule has 2 aromatic carbocycles. The van der Waals surface area contributed by atoms with Gasteiger partial charge in [-0.15, -0.1) is 0 Å². The molecule has 2 aromatic rings. The Bertz CT molecular complexity index is 733. The van der Waals surface area contributed by atoms with E-state index in [1.807, 2.05) is 25.1 Å². The molecule has 1 heterocycles. The Hall–Kier alpha value is -1.92. The number of quaternary nitrogens is 1. The third-order valence-electron chi connectivity index (χ3n) is 4.72. The molecule has 1 saturated heterocycles. The van der Waals surface area contributed by atoms with Gasteiger partial charge in [0.05, 0.1) is 31.9 Å². The zero-order valence-electron chi connectivity index (χ0n) is 14.1. The second-order valence-electron chi connectivity index (χ2n) is 6.32. The molecular formula is C19H22BrFN3O+. The highest BCUT2D eigenvalue weighted by Gasteiger charge is 2.29. The van der Waals surface area contributed by atoms with Gasteiger partial charge in [-0.3, -0.25) is 4.79 Å². The average molecular weight is 407 g/mol. The lowest BCUT2D eigenvalue weighted by Gasteiger charge is -2.36. The van der Waals surface area contributed by atoms with E-state index in [4.69, 9.17) is 0 Å². The number of piperazine rings is 1. The third kappa shape index (κ3) is 4.38. The number of amides is 1. The lowest BCUT2D eigenvalue weighted by Crippen LogP contribution is -3.19. The van der Waals surface area contributed by atoms with Crippen LogP contribution in [0.1, 0.15) is 6.92 Å². The molecule has 0 aliphatic carbocycles. The standard InChI is InChI=1S/C19H21BrFN3O/c1-14(19(25)22-18-8-7-15(20)13-17(18)21)23-9-11-24(12-10-23)16-5-3-2-4-6-16/h2-8,13-14H,9-12H2,1H3,(H,22,25)/p+1/t14-/m1/s1. The van der Waals surface area contributed by atoms with Gasteiger partial charge in [0, 0.05) is 10.2 Å². The Morgan fingerprint density at radius 1 is 1.20 bits per heavy atom. The fourth-order valence-corrected chi connectivity index (χ4v) is 3.47. The maximum atomic E-state index is 13.9. The van der Waals surface area contributed by atoms with Crippen molar-refractivity contribution in [3.05, 3.63) is 58.8 Å². The zero-order chi connectivity index (χ0) is 17.8. The van der Waals surface area contributed by atoms with Gasteiger partial charge in [-0.25, -0.2) is 4.39 Å². The molecule has 4 nitrogen and oxygen atoms in total. The molecule has 132 valence electrons. The molecule has 1 aliphatic heterocycles. The summed E-state index contributed by atoms with van der Waals surface area (Å²) in [5.74, 6) is -0.580. The first kappa shape index (κ1) is 17.9. The Morgan fingerprint density at radius 2 is 1.88 bits per heavy atom. The fraction of sp³-hybridized carbons (Fsp3) is 0.316. The summed E-state index contributed by atoms with van der Waals surface area (Å²) in [6.45, 7) is 5.48. The zero-order valence-corrected chi connectivity index (χ0v) is 15.7. The highest BCUT2D eigenvalue weighted by molar-refractivity contribution is 9.10. The molecule has 1 fully saturated rings. The second kappa shape index (κ2) is 7.97. The largest absolute Gasteiger partial charge is 0.360 e. The van der Waals surface area contributed by atoms with Crippen molar-refractivity contribution in [2.24, 2.45) is 0 Å². The van der Waals surface area contributed by atoms with E-state index in [-0.39, 0.29) is 17.6 Å². The van der Waals surface area contributed by atoms with E-state index in [1.54, 1.807) is 12.1 Å². The number of halogens is 2. The molecular weight excluding hydrogens is 385 g/mol. The minimum Gasteiger partial charge on any atom is -0.360 e. The van der Waals surface area contributed by atoms with Crippen LogP contribution in [0.25, 0.3) is 0 Å². The van der Waals surface area contributed by atoms with E-state index in [2.05, 4.69) is 38.3 Å². The molecule has 0 saturated carbocycles. The molecule has 0 aromatic heterocycles. The Balaban J connectivity index is 1.56. The van der Waals surface area contributed by atoms with E-state index in [0.717, 1.165) is 26.2 Å². The van der Waals surface area contributed by atoms with Crippen LogP contribution in [-0.4, -0.2) is 38.1 Å². The Kier molecular flexibility index (Phi) is 5.71. The minimum absolute atomic E-state index is 0.149. The van der Waals surface area contributed by atoms with E-state index < -0.39 is 5.82 Å². The number of nitrogens with zero attached hydrogens (tertiary/aromatic N) is 1. The number of carbonyl (C=O) groups is 1. The van der Waals surface area contributed by atoms with Crippen LogP contribution in [-0.2, 0) is 4.79 Å². The first-order valence-electron chi connectivity index (χ1n) is 8.45. The summed E-state index contributed by atoms with van der Waals surface area (Å²) in [5.41, 5.74) is 1.44. The normalized spacial score (nSPS) is 16.5. The summed E-state index contributed by atoms with van der Waals surface area (Å²) < 4.78 is 14.5. The average Bonchev–Trinajstić information content (AvgIpc) is 2.64. The molecule has 1 aliphatic rings. The van der Waals surface area contributed by atoms with Gasteiger partial charge in [-0.05, 0) is 37.3 Å². The van der Waals surface area contributed by atoms with Crippen molar-refractivity contribution < 1.29 is 14.1 Å². The smallest absolute Gasteiger partial charge is 0.282 e. The number of benzene rings is 2. The quantitative estimate of drug-likeness (QED) is 0.817. The number of para-hydroxylation sites is 1. The summed E-state index contributed by atoms with van der Waals surface area (Å²) >= 11 is 3.22. The molecule has 3 rings (SSSR count). The van der Waals surface area contributed by atoms with Crippen molar-refractivity contribution in [1.29, 1.82) is 0 Å². The summed E-state index contributed by atoms with van der Waals surface area (Å²) in [6, 6.07) is 14.7. The van der Waals surface area contributed by atoms with Crippen LogP contribution in [0.5, 0.6) is 0 Å². The lowest BCUT2D eigenvalue weighted by atomic mass is 10.2. The van der Waals surface area contributed by atoms with Gasteiger partial charge in [0.25, 0.3) is 5.91 Å². The first-order chi connectivity index (χ1) is 12.0. The van der Waals surface area contributed by atoms with Crippen molar-refractivity contribution in [3.8, 4) is 0 Å². The van der Waals surface area contributed by atoms with Gasteiger partial charge in [-0.2, -0.15) is 0 Å². The van der Waals surface area contributed by atoms with E-state index in [1.165, 1.54) is 16.7 Å². The number of rotatable bonds is 4. The van der Waals surface area contributed by atoms with E-state index in [9.17, 15) is 9.18 Å². The maximum Gasteiger partial charge on any atom is 0.282 e. The monoisotopic (exact) mass is 406 g/mol. The van der Waals surface area contributed by atoms with Gasteiger partial charge in [0.1, 0.15) is 5.82 Å². The number of hydrogen-bond acceptors (Lipinski definition) is 2. The summed E-state index contributed by atoms with van der Waals surface area (Å²) in [7, 11) is 0. The van der Waals surface area contributed by atoms with Gasteiger partial charge in [0.2, 0.25) is 0 Å². The van der Waals surface area contributed by atoms with E-state index >= 15 is 0 Å². The second-order valence-corrected chi connectivity index (χ2v) is 7.23. The van der Waals surface area contributed by atoms with Crippen molar-refractivity contribution >= 4 is 33.2 Å². The summed E-state index contributed by atoms with van der Waals surface area (Å²) in [6.07, 6.45) is 0. The van der Waals surface area contributed by atoms with Crippen LogP contribution >= 0.6 is 15.9 Å². The van der Waals surface area contributed by atoms with Gasteiger partial charge in [-0.1, -0.05) is 34.1 Å². The minimum atomic E-state index is -0.432. The van der Waals surface area contributed by atoms with E-state index in [0.29, 0.717) is 4.47 Å². The number of nitrogens with one attached hydrogen (secondary N) is 2. The number of carbonyl (C=O) groups excluding carboxylic acids is 1. The van der Waals surface area contributed by atoms with Crippen molar-refractivity contribution in [1.82, 2.24) is 0 Å². The maximum absolute atomic E-state index is 13.9. The van der Waals surface area contributed by atoms with Crippen molar-refractivity contribution in [3.63, 3.8) is 0 Å². The summed E-state index contributed by atoms with van der Waals surface area (Å²) in [4.78, 5) is 16.0. The fourth-order valence-electron chi connectivity index (χ4n) is 3.14. The van der Waals surface area contributed by atoms with Crippen LogP contribution < -0.4 is 15.1 Å². The molecule has 0 spiro atoms. The molecule has 1 amide bonds. The van der Waals surface area contributed by atoms with Crippen LogP contribution in [0.4, 0.5) is 15.8 Å². The van der Waals surface area contributed by atoms with Crippen molar-refractivity contribution in [2.75, 3.05) is 36.4 Å². The Labute approximate surface area is 155 Å². The van der Waals surface area contributed by atoms with Gasteiger partial charge >= 0.3 is 0 Å². The van der Waals surface area contributed by atoms with Crippen LogP contribution in [0.15, 0.2) is 53.0 Å². The lowest BCUT2D eigenvalue weighted by molar-refractivity contribution is -0.914. The molecule has 0 radical (unpaired) electrons. The first-order valence-corrected chi connectivity index (χ1v) is 9.24. The van der Waals surface area contributed by atoms with Crippen LogP contribution in [0.3, 0.4) is 0 Å². The molecule has 2 N–H and O–H groups in total. The molecule has 25 heavy (non-hydrogen) atoms. The SMILES string of the molecule is C[C@H](C(=O)Nc1ccc(Br)cc1F)[NH+]1CCN(c2ccccc2)CC1. The highest BCUT2D eigenvalue weighted by atomic mass is 79.9. The third-order valence-corrected chi connectivity index (χ3v) is 5.21. The number of anilines is 2. The predicted molar refractivity (Wildman–Crippen MR) is 102 cm³/mol. The van der Waals surface area contributed by atoms with Crippen molar-refractivity contribution in [2.45, 2.75) is 13.0 Å². The topological polar surface area (TPSA) is 36.8 Å². The summed E-state index contributed by atoms with van der Waals surface area (Å²) in [5, 5.41) is 2.71. The van der Waals surface area contributed by atoms with Crippen LogP contribution in [0.2, 0.25) is 0 Å². The molecule has 0 bridgehead atoms. The molecule has 6 heteroatoms. The highest BCUT2D eigenvalue weighted by Crippen LogP contribution is 2.19.